The molecule has 5 heteroatoms. The minimum Gasteiger partial charge on any atom is -0.384 e. The Labute approximate surface area is 145 Å². The van der Waals surface area contributed by atoms with Crippen molar-refractivity contribution >= 4 is 5.71 Å². The number of likely N-dealkylation sites (N-methyl/N-ethyl adjacent to an activating group) is 1. The number of hydrogen-bond acceptors (Lipinski definition) is 4. The molecule has 2 aliphatic rings. The maximum Gasteiger partial charge on any atom is 0.116 e. The van der Waals surface area contributed by atoms with Crippen LogP contribution in [0.2, 0.25) is 0 Å². The second kappa shape index (κ2) is 7.26. The molecule has 2 N–H and O–H groups in total. The van der Waals surface area contributed by atoms with Gasteiger partial charge in [-0.2, -0.15) is 0 Å². The van der Waals surface area contributed by atoms with Crippen LogP contribution in [-0.2, 0) is 13.0 Å². The number of aliphatic imine (C=N–C) groups is 1. The summed E-state index contributed by atoms with van der Waals surface area (Å²) in [5, 5.41) is 0. The van der Waals surface area contributed by atoms with Gasteiger partial charge in [0.15, 0.2) is 0 Å². The van der Waals surface area contributed by atoms with Crippen LogP contribution < -0.4 is 5.73 Å². The van der Waals surface area contributed by atoms with E-state index in [1.807, 2.05) is 0 Å². The Bertz CT molecular complexity index is 636. The van der Waals surface area contributed by atoms with E-state index in [1.54, 1.807) is 0 Å². The zero-order valence-electron chi connectivity index (χ0n) is 15.0. The molecule has 0 radical (unpaired) electrons. The van der Waals surface area contributed by atoms with Gasteiger partial charge in [-0.25, -0.2) is 4.99 Å². The molecule has 1 aromatic heterocycles. The monoisotopic (exact) mass is 327 g/mol. The topological polar surface area (TPSA) is 49.8 Å². The van der Waals surface area contributed by atoms with Crippen LogP contribution in [0.4, 0.5) is 0 Å². The maximum absolute atomic E-state index is 5.79. The molecule has 5 nitrogen and oxygen atoms in total. The number of hydrogen-bond donors (Lipinski definition) is 1. The van der Waals surface area contributed by atoms with Gasteiger partial charge in [0.05, 0.1) is 5.71 Å². The lowest BCUT2D eigenvalue weighted by Crippen LogP contribution is -2.43. The van der Waals surface area contributed by atoms with E-state index in [2.05, 4.69) is 58.2 Å². The largest absolute Gasteiger partial charge is 0.384 e. The van der Waals surface area contributed by atoms with Crippen molar-refractivity contribution in [3.8, 4) is 0 Å². The first-order chi connectivity index (χ1) is 11.5. The summed E-state index contributed by atoms with van der Waals surface area (Å²) in [7, 11) is 2.17. The number of aryl methyl sites for hydroxylation is 2. The molecule has 3 heterocycles. The zero-order valence-corrected chi connectivity index (χ0v) is 15.0. The van der Waals surface area contributed by atoms with Gasteiger partial charge in [-0.3, -0.25) is 0 Å². The van der Waals surface area contributed by atoms with Gasteiger partial charge in [-0.1, -0.05) is 6.58 Å². The molecule has 2 aliphatic heterocycles. The van der Waals surface area contributed by atoms with E-state index in [0.29, 0.717) is 5.82 Å². The molecule has 3 rings (SSSR count). The highest BCUT2D eigenvalue weighted by Gasteiger charge is 2.16. The minimum absolute atomic E-state index is 0.358. The molecule has 1 fully saturated rings. The standard InChI is InChI=1S/C19H29N5/c1-15(23-10-8-22(3)9-11-23)12-19(21-16(2)20)17-13-18-6-4-5-7-24(18)14-17/h12-14H,2,4-11,20H2,1,3H3/b15-12+,21-19+. The van der Waals surface area contributed by atoms with Crippen molar-refractivity contribution in [1.82, 2.24) is 14.4 Å². The third kappa shape index (κ3) is 3.90. The Balaban J connectivity index is 1.85. The number of nitrogens with zero attached hydrogens (tertiary/aromatic N) is 4. The summed E-state index contributed by atoms with van der Waals surface area (Å²) in [5.74, 6) is 0.358. The van der Waals surface area contributed by atoms with Crippen LogP contribution in [0, 0.1) is 0 Å². The summed E-state index contributed by atoms with van der Waals surface area (Å²) < 4.78 is 2.35. The molecule has 0 bridgehead atoms. The van der Waals surface area contributed by atoms with Crippen molar-refractivity contribution in [3.63, 3.8) is 0 Å². The highest BCUT2D eigenvalue weighted by Crippen LogP contribution is 2.20. The van der Waals surface area contributed by atoms with E-state index < -0.39 is 0 Å². The summed E-state index contributed by atoms with van der Waals surface area (Å²) in [6.07, 6.45) is 8.05. The van der Waals surface area contributed by atoms with Crippen molar-refractivity contribution in [2.45, 2.75) is 32.7 Å². The second-order valence-electron chi connectivity index (χ2n) is 6.94. The SMILES string of the molecule is C=C(N)/N=C(\C=C(/C)N1CCN(C)CC1)c1cc2n(c1)CCCC2. The third-order valence-corrected chi connectivity index (χ3v) is 4.98. The maximum atomic E-state index is 5.79. The molecule has 0 atom stereocenters. The highest BCUT2D eigenvalue weighted by atomic mass is 15.2. The van der Waals surface area contributed by atoms with Crippen molar-refractivity contribution in [2.75, 3.05) is 33.2 Å². The first-order valence-corrected chi connectivity index (χ1v) is 8.87. The van der Waals surface area contributed by atoms with E-state index in [-0.39, 0.29) is 0 Å². The van der Waals surface area contributed by atoms with Crippen LogP contribution in [0.25, 0.3) is 0 Å². The van der Waals surface area contributed by atoms with E-state index >= 15 is 0 Å². The zero-order chi connectivity index (χ0) is 17.1. The Hall–Kier alpha value is -2.01. The smallest absolute Gasteiger partial charge is 0.116 e. The normalized spacial score (nSPS) is 20.2. The lowest BCUT2D eigenvalue weighted by molar-refractivity contribution is 0.187. The molecule has 0 aliphatic carbocycles. The van der Waals surface area contributed by atoms with E-state index in [0.717, 1.165) is 50.4 Å². The Morgan fingerprint density at radius 2 is 1.96 bits per heavy atom. The first-order valence-electron chi connectivity index (χ1n) is 8.87. The average Bonchev–Trinajstić information content (AvgIpc) is 2.98. The molecule has 0 unspecified atom stereocenters. The molecular weight excluding hydrogens is 298 g/mol. The number of fused-ring (bicyclic) bond motifs is 1. The van der Waals surface area contributed by atoms with Gasteiger partial charge in [-0.05, 0) is 45.4 Å². The summed E-state index contributed by atoms with van der Waals surface area (Å²) in [6, 6.07) is 2.26. The summed E-state index contributed by atoms with van der Waals surface area (Å²) >= 11 is 0. The Kier molecular flexibility index (Phi) is 5.09. The van der Waals surface area contributed by atoms with Crippen LogP contribution in [0.1, 0.15) is 31.0 Å². The van der Waals surface area contributed by atoms with Crippen LogP contribution in [-0.4, -0.2) is 53.3 Å². The molecule has 0 saturated carbocycles. The molecular formula is C19H29N5. The number of aromatic nitrogens is 1. The van der Waals surface area contributed by atoms with Crippen LogP contribution in [0.15, 0.2) is 41.4 Å². The lowest BCUT2D eigenvalue weighted by atomic mass is 10.1. The molecule has 24 heavy (non-hydrogen) atoms. The molecule has 130 valence electrons. The van der Waals surface area contributed by atoms with E-state index in [9.17, 15) is 0 Å². The van der Waals surface area contributed by atoms with Crippen LogP contribution in [0.5, 0.6) is 0 Å². The van der Waals surface area contributed by atoms with E-state index in [4.69, 9.17) is 5.73 Å². The fourth-order valence-electron chi connectivity index (χ4n) is 3.49. The Morgan fingerprint density at radius 1 is 1.21 bits per heavy atom. The highest BCUT2D eigenvalue weighted by molar-refractivity contribution is 6.09. The number of nitrogens with two attached hydrogens (primary N) is 1. The second-order valence-corrected chi connectivity index (χ2v) is 6.94. The minimum atomic E-state index is 0.358. The Morgan fingerprint density at radius 3 is 2.62 bits per heavy atom. The fraction of sp³-hybridized carbons (Fsp3) is 0.526. The molecule has 1 saturated heterocycles. The summed E-state index contributed by atoms with van der Waals surface area (Å²) in [6.45, 7) is 11.3. The third-order valence-electron chi connectivity index (χ3n) is 4.98. The first kappa shape index (κ1) is 16.8. The predicted molar refractivity (Wildman–Crippen MR) is 100 cm³/mol. The van der Waals surface area contributed by atoms with E-state index in [1.165, 1.54) is 24.2 Å². The van der Waals surface area contributed by atoms with Crippen molar-refractivity contribution < 1.29 is 0 Å². The van der Waals surface area contributed by atoms with Crippen molar-refractivity contribution in [1.29, 1.82) is 0 Å². The average molecular weight is 327 g/mol. The van der Waals surface area contributed by atoms with Crippen LogP contribution >= 0.6 is 0 Å². The summed E-state index contributed by atoms with van der Waals surface area (Å²) in [5.41, 5.74) is 10.5. The quantitative estimate of drug-likeness (QED) is 0.863. The van der Waals surface area contributed by atoms with Gasteiger partial charge in [0, 0.05) is 55.9 Å². The van der Waals surface area contributed by atoms with Gasteiger partial charge < -0.3 is 20.1 Å². The fourth-order valence-corrected chi connectivity index (χ4v) is 3.49. The number of allylic oxidation sites excluding steroid dienone is 2. The molecule has 0 amide bonds. The summed E-state index contributed by atoms with van der Waals surface area (Å²) in [4.78, 5) is 9.30. The van der Waals surface area contributed by atoms with Crippen LogP contribution in [0.3, 0.4) is 0 Å². The van der Waals surface area contributed by atoms with Gasteiger partial charge in [-0.15, -0.1) is 0 Å². The van der Waals surface area contributed by atoms with Gasteiger partial charge in [0.1, 0.15) is 5.82 Å². The van der Waals surface area contributed by atoms with Crippen molar-refractivity contribution in [3.05, 3.63) is 47.7 Å². The van der Waals surface area contributed by atoms with Gasteiger partial charge >= 0.3 is 0 Å². The molecule has 0 aromatic carbocycles. The lowest BCUT2D eigenvalue weighted by Gasteiger charge is -2.34. The van der Waals surface area contributed by atoms with Gasteiger partial charge in [0.25, 0.3) is 0 Å². The number of piperazine rings is 1. The molecule has 1 aromatic rings. The van der Waals surface area contributed by atoms with Crippen molar-refractivity contribution in [2.24, 2.45) is 10.7 Å². The number of rotatable bonds is 4. The predicted octanol–water partition coefficient (Wildman–Crippen LogP) is 2.19. The molecule has 0 spiro atoms. The van der Waals surface area contributed by atoms with Gasteiger partial charge in [0.2, 0.25) is 0 Å².